The maximum absolute atomic E-state index is 5.73. The first-order chi connectivity index (χ1) is 13.3. The van der Waals surface area contributed by atoms with Crippen molar-refractivity contribution in [3.63, 3.8) is 0 Å². The fourth-order valence-electron chi connectivity index (χ4n) is 4.32. The quantitative estimate of drug-likeness (QED) is 0.595. The van der Waals surface area contributed by atoms with E-state index in [1.807, 2.05) is 20.9 Å². The maximum Gasteiger partial charge on any atom is 0.208 e. The van der Waals surface area contributed by atoms with Gasteiger partial charge in [-0.2, -0.15) is 0 Å². The van der Waals surface area contributed by atoms with Gasteiger partial charge in [0.15, 0.2) is 5.96 Å². The van der Waals surface area contributed by atoms with Crippen LogP contribution in [0.5, 0.6) is 0 Å². The second-order valence-corrected chi connectivity index (χ2v) is 9.50. The summed E-state index contributed by atoms with van der Waals surface area (Å²) in [5, 5.41) is 7.21. The van der Waals surface area contributed by atoms with Gasteiger partial charge in [-0.15, -0.1) is 0 Å². The summed E-state index contributed by atoms with van der Waals surface area (Å²) in [6.07, 6.45) is 7.49. The molecule has 2 N–H and O–H groups in total. The standard InChI is InChI=1S/C22H39N5O/c1-16-17(2)28-20(25-16)15-27-12-8-18(9-13-27)14-24-21(23-5)26-19-6-10-22(3,4)11-7-19/h18-19H,6-15H2,1-5H3,(H2,23,24,26). The summed E-state index contributed by atoms with van der Waals surface area (Å²) < 4.78 is 5.73. The maximum atomic E-state index is 5.73. The zero-order valence-electron chi connectivity index (χ0n) is 18.5. The van der Waals surface area contributed by atoms with Gasteiger partial charge in [0, 0.05) is 19.6 Å². The van der Waals surface area contributed by atoms with Crippen LogP contribution in [0.3, 0.4) is 0 Å². The normalized spacial score (nSPS) is 22.4. The van der Waals surface area contributed by atoms with Crippen molar-refractivity contribution in [1.82, 2.24) is 20.5 Å². The highest BCUT2D eigenvalue weighted by Gasteiger charge is 2.27. The van der Waals surface area contributed by atoms with E-state index >= 15 is 0 Å². The van der Waals surface area contributed by atoms with E-state index < -0.39 is 0 Å². The smallest absolute Gasteiger partial charge is 0.208 e. The van der Waals surface area contributed by atoms with Crippen LogP contribution in [-0.2, 0) is 6.54 Å². The van der Waals surface area contributed by atoms with Crippen molar-refractivity contribution in [3.8, 4) is 0 Å². The molecule has 0 aromatic carbocycles. The van der Waals surface area contributed by atoms with Crippen molar-refractivity contribution in [2.24, 2.45) is 16.3 Å². The van der Waals surface area contributed by atoms with Gasteiger partial charge in [-0.05, 0) is 76.8 Å². The van der Waals surface area contributed by atoms with Crippen LogP contribution in [0.2, 0.25) is 0 Å². The first kappa shape index (κ1) is 21.2. The summed E-state index contributed by atoms with van der Waals surface area (Å²) in [7, 11) is 1.88. The molecule has 1 saturated heterocycles. The first-order valence-corrected chi connectivity index (χ1v) is 11.0. The van der Waals surface area contributed by atoms with E-state index in [0.29, 0.717) is 17.4 Å². The van der Waals surface area contributed by atoms with E-state index in [9.17, 15) is 0 Å². The van der Waals surface area contributed by atoms with Crippen molar-refractivity contribution in [2.75, 3.05) is 26.7 Å². The topological polar surface area (TPSA) is 65.7 Å². The average Bonchev–Trinajstić information content (AvgIpc) is 2.98. The molecule has 0 unspecified atom stereocenters. The molecule has 1 aliphatic carbocycles. The Morgan fingerprint density at radius 1 is 1.18 bits per heavy atom. The number of aliphatic imine (C=N–C) groups is 1. The molecule has 2 heterocycles. The number of rotatable bonds is 5. The number of guanidine groups is 1. The third kappa shape index (κ3) is 5.97. The molecule has 2 fully saturated rings. The Bertz CT molecular complexity index is 628. The minimum Gasteiger partial charge on any atom is -0.444 e. The molecule has 158 valence electrons. The fraction of sp³-hybridized carbons (Fsp3) is 0.818. The summed E-state index contributed by atoms with van der Waals surface area (Å²) >= 11 is 0. The molecule has 2 aliphatic rings. The molecular weight excluding hydrogens is 350 g/mol. The number of likely N-dealkylation sites (tertiary alicyclic amines) is 1. The molecule has 0 radical (unpaired) electrons. The van der Waals surface area contributed by atoms with Crippen LogP contribution in [0.25, 0.3) is 0 Å². The molecule has 1 aliphatic heterocycles. The summed E-state index contributed by atoms with van der Waals surface area (Å²) in [6, 6.07) is 0.564. The number of oxazole rings is 1. The van der Waals surface area contributed by atoms with Gasteiger partial charge in [-0.3, -0.25) is 9.89 Å². The van der Waals surface area contributed by atoms with E-state index in [1.54, 1.807) is 0 Å². The van der Waals surface area contributed by atoms with Crippen LogP contribution in [0.15, 0.2) is 9.41 Å². The van der Waals surface area contributed by atoms with Crippen molar-refractivity contribution in [2.45, 2.75) is 78.8 Å². The number of piperidine rings is 1. The van der Waals surface area contributed by atoms with Crippen LogP contribution in [0, 0.1) is 25.2 Å². The summed E-state index contributed by atoms with van der Waals surface area (Å²) in [4.78, 5) is 11.4. The zero-order chi connectivity index (χ0) is 20.1. The largest absolute Gasteiger partial charge is 0.444 e. The Kier molecular flexibility index (Phi) is 7.02. The molecule has 0 bridgehead atoms. The number of aromatic nitrogens is 1. The number of nitrogens with zero attached hydrogens (tertiary/aromatic N) is 3. The van der Waals surface area contributed by atoms with Crippen molar-refractivity contribution in [3.05, 3.63) is 17.3 Å². The van der Waals surface area contributed by atoms with E-state index in [2.05, 4.69) is 39.4 Å². The SMILES string of the molecule is CN=C(NCC1CCN(Cc2nc(C)c(C)o2)CC1)NC1CCC(C)(C)CC1. The Balaban J connectivity index is 1.36. The summed E-state index contributed by atoms with van der Waals surface area (Å²) in [6.45, 7) is 12.8. The first-order valence-electron chi connectivity index (χ1n) is 11.0. The molecule has 0 spiro atoms. The number of nitrogens with one attached hydrogen (secondary N) is 2. The van der Waals surface area contributed by atoms with Crippen LogP contribution in [0.1, 0.15) is 69.7 Å². The zero-order valence-corrected chi connectivity index (χ0v) is 18.5. The van der Waals surface area contributed by atoms with Crippen molar-refractivity contribution < 1.29 is 4.42 Å². The van der Waals surface area contributed by atoms with Crippen LogP contribution in [-0.4, -0.2) is 48.6 Å². The van der Waals surface area contributed by atoms with Crippen LogP contribution in [0.4, 0.5) is 0 Å². The van der Waals surface area contributed by atoms with E-state index in [0.717, 1.165) is 49.5 Å². The molecule has 6 heteroatoms. The van der Waals surface area contributed by atoms with Gasteiger partial charge in [0.2, 0.25) is 5.89 Å². The molecule has 6 nitrogen and oxygen atoms in total. The third-order valence-electron chi connectivity index (χ3n) is 6.60. The lowest BCUT2D eigenvalue weighted by molar-refractivity contribution is 0.164. The van der Waals surface area contributed by atoms with Gasteiger partial charge >= 0.3 is 0 Å². The predicted molar refractivity (Wildman–Crippen MR) is 115 cm³/mol. The molecule has 28 heavy (non-hydrogen) atoms. The lowest BCUT2D eigenvalue weighted by atomic mass is 9.75. The number of aryl methyl sites for hydroxylation is 2. The average molecular weight is 390 g/mol. The summed E-state index contributed by atoms with van der Waals surface area (Å²) in [5.74, 6) is 3.47. The molecule has 1 saturated carbocycles. The third-order valence-corrected chi connectivity index (χ3v) is 6.60. The van der Waals surface area contributed by atoms with Crippen LogP contribution >= 0.6 is 0 Å². The Morgan fingerprint density at radius 2 is 1.86 bits per heavy atom. The van der Waals surface area contributed by atoms with Gasteiger partial charge in [0.1, 0.15) is 5.76 Å². The van der Waals surface area contributed by atoms with E-state index in [4.69, 9.17) is 4.42 Å². The monoisotopic (exact) mass is 389 g/mol. The fourth-order valence-corrected chi connectivity index (χ4v) is 4.32. The number of hydrogen-bond donors (Lipinski definition) is 2. The minimum atomic E-state index is 0.506. The van der Waals surface area contributed by atoms with E-state index in [-0.39, 0.29) is 0 Å². The summed E-state index contributed by atoms with van der Waals surface area (Å²) in [5.41, 5.74) is 1.51. The molecule has 3 rings (SSSR count). The second-order valence-electron chi connectivity index (χ2n) is 9.50. The van der Waals surface area contributed by atoms with Crippen molar-refractivity contribution in [1.29, 1.82) is 0 Å². The van der Waals surface area contributed by atoms with Gasteiger partial charge in [0.05, 0.1) is 12.2 Å². The lowest BCUT2D eigenvalue weighted by Crippen LogP contribution is -2.47. The van der Waals surface area contributed by atoms with Crippen molar-refractivity contribution >= 4 is 5.96 Å². The molecule has 0 amide bonds. The highest BCUT2D eigenvalue weighted by Crippen LogP contribution is 2.34. The Morgan fingerprint density at radius 3 is 2.43 bits per heavy atom. The van der Waals surface area contributed by atoms with Gasteiger partial charge in [-0.1, -0.05) is 13.8 Å². The molecule has 1 aromatic rings. The van der Waals surface area contributed by atoms with Gasteiger partial charge < -0.3 is 15.1 Å². The van der Waals surface area contributed by atoms with Crippen LogP contribution < -0.4 is 10.6 Å². The highest BCUT2D eigenvalue weighted by atomic mass is 16.4. The molecule has 0 atom stereocenters. The van der Waals surface area contributed by atoms with Gasteiger partial charge in [0.25, 0.3) is 0 Å². The minimum absolute atomic E-state index is 0.506. The highest BCUT2D eigenvalue weighted by molar-refractivity contribution is 5.79. The second kappa shape index (κ2) is 9.29. The number of hydrogen-bond acceptors (Lipinski definition) is 4. The molecule has 1 aromatic heterocycles. The Hall–Kier alpha value is -1.56. The lowest BCUT2D eigenvalue weighted by Gasteiger charge is -2.35. The van der Waals surface area contributed by atoms with Gasteiger partial charge in [-0.25, -0.2) is 4.98 Å². The Labute approximate surface area is 170 Å². The predicted octanol–water partition coefficient (Wildman–Crippen LogP) is 3.64. The molecular formula is C22H39N5O. The van der Waals surface area contributed by atoms with E-state index in [1.165, 1.54) is 38.5 Å².